The maximum atomic E-state index is 12.8. The summed E-state index contributed by atoms with van der Waals surface area (Å²) in [6.45, 7) is 4.38. The minimum atomic E-state index is -0.207. The highest BCUT2D eigenvalue weighted by Gasteiger charge is 2.19. The van der Waals surface area contributed by atoms with Crippen LogP contribution in [0.3, 0.4) is 0 Å². The van der Waals surface area contributed by atoms with Crippen LogP contribution in [-0.4, -0.2) is 26.9 Å². The zero-order chi connectivity index (χ0) is 18.8. The van der Waals surface area contributed by atoms with Crippen LogP contribution in [0.15, 0.2) is 41.0 Å². The van der Waals surface area contributed by atoms with Crippen molar-refractivity contribution in [1.29, 1.82) is 0 Å². The van der Waals surface area contributed by atoms with Gasteiger partial charge in [-0.15, -0.1) is 22.7 Å². The molecular formula is C18H17N5O2S2. The number of oxazole rings is 1. The second-order valence-corrected chi connectivity index (χ2v) is 8.12. The van der Waals surface area contributed by atoms with E-state index in [4.69, 9.17) is 4.42 Å². The highest BCUT2D eigenvalue weighted by molar-refractivity contribution is 7.25. The molecule has 0 radical (unpaired) electrons. The van der Waals surface area contributed by atoms with Crippen LogP contribution in [0.1, 0.15) is 29.9 Å². The summed E-state index contributed by atoms with van der Waals surface area (Å²) in [6, 6.07) is 2.24. The van der Waals surface area contributed by atoms with Gasteiger partial charge in [0.25, 0.3) is 5.91 Å². The fourth-order valence-corrected chi connectivity index (χ4v) is 4.37. The van der Waals surface area contributed by atoms with Gasteiger partial charge in [0.05, 0.1) is 33.9 Å². The third kappa shape index (κ3) is 3.69. The van der Waals surface area contributed by atoms with E-state index in [9.17, 15) is 4.79 Å². The van der Waals surface area contributed by atoms with Gasteiger partial charge in [0, 0.05) is 28.7 Å². The minimum absolute atomic E-state index is 0.171. The number of aromatic nitrogens is 3. The Morgan fingerprint density at radius 3 is 2.85 bits per heavy atom. The molecule has 4 aromatic heterocycles. The van der Waals surface area contributed by atoms with Gasteiger partial charge in [0.2, 0.25) is 0 Å². The molecule has 4 aromatic rings. The monoisotopic (exact) mass is 399 g/mol. The summed E-state index contributed by atoms with van der Waals surface area (Å²) in [4.78, 5) is 28.5. The third-order valence-electron chi connectivity index (χ3n) is 3.83. The van der Waals surface area contributed by atoms with Gasteiger partial charge in [-0.25, -0.2) is 9.97 Å². The smallest absolute Gasteiger partial charge is 0.255 e. The Labute approximate surface area is 163 Å². The second kappa shape index (κ2) is 7.45. The molecule has 0 atom stereocenters. The number of carbonyl (C=O) groups excluding carboxylic acids is 1. The molecule has 1 amide bonds. The van der Waals surface area contributed by atoms with E-state index in [0.29, 0.717) is 17.8 Å². The first-order valence-electron chi connectivity index (χ1n) is 8.35. The van der Waals surface area contributed by atoms with Crippen molar-refractivity contribution in [3.05, 3.63) is 47.9 Å². The zero-order valence-corrected chi connectivity index (χ0v) is 16.4. The van der Waals surface area contributed by atoms with E-state index in [-0.39, 0.29) is 11.9 Å². The van der Waals surface area contributed by atoms with E-state index in [2.05, 4.69) is 31.7 Å². The molecule has 0 aliphatic rings. The van der Waals surface area contributed by atoms with E-state index in [1.54, 1.807) is 28.9 Å². The third-order valence-corrected chi connectivity index (χ3v) is 5.84. The highest BCUT2D eigenvalue weighted by Crippen LogP contribution is 2.38. The van der Waals surface area contributed by atoms with Crippen molar-refractivity contribution in [3.8, 4) is 9.75 Å². The van der Waals surface area contributed by atoms with Crippen molar-refractivity contribution in [2.45, 2.75) is 26.4 Å². The maximum Gasteiger partial charge on any atom is 0.255 e. The molecule has 138 valence electrons. The molecule has 0 spiro atoms. The van der Waals surface area contributed by atoms with Crippen molar-refractivity contribution in [2.75, 3.05) is 5.32 Å². The molecule has 2 N–H and O–H groups in total. The predicted molar refractivity (Wildman–Crippen MR) is 107 cm³/mol. The normalized spacial score (nSPS) is 11.2. The number of rotatable bonds is 6. The zero-order valence-electron chi connectivity index (χ0n) is 14.7. The van der Waals surface area contributed by atoms with Crippen molar-refractivity contribution >= 4 is 44.5 Å². The van der Waals surface area contributed by atoms with Gasteiger partial charge < -0.3 is 15.1 Å². The lowest BCUT2D eigenvalue weighted by Crippen LogP contribution is -2.25. The fraction of sp³-hybridized carbons (Fsp3) is 0.222. The van der Waals surface area contributed by atoms with Crippen molar-refractivity contribution in [2.24, 2.45) is 0 Å². The molecule has 7 nitrogen and oxygen atoms in total. The Morgan fingerprint density at radius 2 is 2.15 bits per heavy atom. The summed E-state index contributed by atoms with van der Waals surface area (Å²) in [7, 11) is 0. The molecule has 0 fully saturated rings. The number of nitrogens with zero attached hydrogens (tertiary/aromatic N) is 3. The molecule has 27 heavy (non-hydrogen) atoms. The molecule has 0 aromatic carbocycles. The summed E-state index contributed by atoms with van der Waals surface area (Å²) >= 11 is 3.18. The Bertz CT molecular complexity index is 1060. The Morgan fingerprint density at radius 1 is 1.26 bits per heavy atom. The molecule has 4 heterocycles. The average Bonchev–Trinajstić information content (AvgIpc) is 3.39. The number of fused-ring (bicyclic) bond motifs is 1. The summed E-state index contributed by atoms with van der Waals surface area (Å²) in [6.07, 6.45) is 6.32. The minimum Gasteiger partial charge on any atom is -0.451 e. The number of anilines is 1. The van der Waals surface area contributed by atoms with E-state index >= 15 is 0 Å². The number of amides is 1. The molecule has 0 saturated heterocycles. The first-order valence-corrected chi connectivity index (χ1v) is 10.0. The summed E-state index contributed by atoms with van der Waals surface area (Å²) in [5, 5.41) is 7.21. The van der Waals surface area contributed by atoms with Crippen molar-refractivity contribution < 1.29 is 9.21 Å². The van der Waals surface area contributed by atoms with E-state index < -0.39 is 0 Å². The van der Waals surface area contributed by atoms with Gasteiger partial charge >= 0.3 is 0 Å². The van der Waals surface area contributed by atoms with Crippen LogP contribution in [0.25, 0.3) is 20.0 Å². The van der Waals surface area contributed by atoms with Crippen LogP contribution in [0.2, 0.25) is 0 Å². The lowest BCUT2D eigenvalue weighted by Gasteiger charge is -2.15. The topological polar surface area (TPSA) is 92.9 Å². The number of hydrogen-bond donors (Lipinski definition) is 2. The molecule has 0 bridgehead atoms. The molecule has 0 saturated carbocycles. The number of pyridine rings is 1. The summed E-state index contributed by atoms with van der Waals surface area (Å²) in [5.74, 6) is -0.207. The quantitative estimate of drug-likeness (QED) is 0.506. The maximum absolute atomic E-state index is 12.8. The van der Waals surface area contributed by atoms with Crippen LogP contribution >= 0.6 is 22.7 Å². The number of thiazole rings is 1. The molecular weight excluding hydrogens is 382 g/mol. The summed E-state index contributed by atoms with van der Waals surface area (Å²) in [5.41, 5.74) is 3.77. The van der Waals surface area contributed by atoms with Gasteiger partial charge in [-0.1, -0.05) is 0 Å². The van der Waals surface area contributed by atoms with Gasteiger partial charge in [-0.3, -0.25) is 9.78 Å². The van der Waals surface area contributed by atoms with Crippen LogP contribution in [0, 0.1) is 0 Å². The van der Waals surface area contributed by atoms with Gasteiger partial charge in [-0.2, -0.15) is 0 Å². The van der Waals surface area contributed by atoms with Gasteiger partial charge in [-0.05, 0) is 19.9 Å². The van der Waals surface area contributed by atoms with Crippen molar-refractivity contribution in [1.82, 2.24) is 20.3 Å². The van der Waals surface area contributed by atoms with Gasteiger partial charge in [0.1, 0.15) is 11.1 Å². The number of nitrogens with one attached hydrogen (secondary N) is 2. The first kappa shape index (κ1) is 17.6. The molecule has 0 aliphatic heterocycles. The molecule has 0 aliphatic carbocycles. The Hall–Kier alpha value is -2.78. The second-order valence-electron chi connectivity index (χ2n) is 6.20. The SMILES string of the molecule is CC(C)Nc1c(C(=O)NCc2cocn2)cnc2sc(-c3cncs3)cc12. The molecule has 4 rings (SSSR count). The van der Waals surface area contributed by atoms with Crippen LogP contribution in [-0.2, 0) is 6.54 Å². The Kier molecular flexibility index (Phi) is 4.87. The molecule has 0 unspecified atom stereocenters. The highest BCUT2D eigenvalue weighted by atomic mass is 32.1. The van der Waals surface area contributed by atoms with E-state index in [1.165, 1.54) is 12.7 Å². The number of carbonyl (C=O) groups is 1. The Balaban J connectivity index is 1.71. The van der Waals surface area contributed by atoms with E-state index in [1.807, 2.05) is 25.6 Å². The van der Waals surface area contributed by atoms with Crippen LogP contribution < -0.4 is 10.6 Å². The first-order chi connectivity index (χ1) is 13.1. The largest absolute Gasteiger partial charge is 0.451 e. The fourth-order valence-electron chi connectivity index (χ4n) is 2.66. The van der Waals surface area contributed by atoms with Crippen LogP contribution in [0.5, 0.6) is 0 Å². The summed E-state index contributed by atoms with van der Waals surface area (Å²) < 4.78 is 4.93. The van der Waals surface area contributed by atoms with E-state index in [0.717, 1.165) is 25.7 Å². The van der Waals surface area contributed by atoms with Crippen LogP contribution in [0.4, 0.5) is 5.69 Å². The number of hydrogen-bond acceptors (Lipinski definition) is 8. The van der Waals surface area contributed by atoms with Crippen molar-refractivity contribution in [3.63, 3.8) is 0 Å². The lowest BCUT2D eigenvalue weighted by molar-refractivity contribution is 0.0951. The average molecular weight is 400 g/mol. The lowest BCUT2D eigenvalue weighted by atomic mass is 10.1. The predicted octanol–water partition coefficient (Wildman–Crippen LogP) is 4.16. The van der Waals surface area contributed by atoms with Gasteiger partial charge in [0.15, 0.2) is 6.39 Å². The number of thiophene rings is 1. The molecule has 9 heteroatoms. The standard InChI is InChI=1S/C18H17N5O2S2/c1-10(2)23-16-12-3-14(15-6-19-9-26-15)27-18(12)21-5-13(16)17(24)20-4-11-7-25-8-22-11/h3,5-10H,4H2,1-2H3,(H,20,24)(H,21,23).